The minimum absolute atomic E-state index is 0.267. The molecule has 6 nitrogen and oxygen atoms in total. The SMILES string of the molecule is CC(C)(C)OC(=O)c1cn(C[C@@H]2CCCN2)nn1. The highest BCUT2D eigenvalue weighted by Gasteiger charge is 2.21. The molecule has 2 heterocycles. The van der Waals surface area contributed by atoms with Gasteiger partial charge in [-0.2, -0.15) is 0 Å². The molecule has 0 aromatic carbocycles. The van der Waals surface area contributed by atoms with Crippen molar-refractivity contribution >= 4 is 5.97 Å². The minimum atomic E-state index is -0.506. The van der Waals surface area contributed by atoms with E-state index in [0.717, 1.165) is 19.5 Å². The zero-order valence-corrected chi connectivity index (χ0v) is 11.1. The van der Waals surface area contributed by atoms with Crippen LogP contribution in [0.3, 0.4) is 0 Å². The molecule has 0 bridgehead atoms. The Morgan fingerprint density at radius 3 is 3.00 bits per heavy atom. The molecule has 6 heteroatoms. The van der Waals surface area contributed by atoms with Gasteiger partial charge in [0.05, 0.1) is 12.7 Å². The number of nitrogens with one attached hydrogen (secondary N) is 1. The molecule has 1 saturated heterocycles. The Morgan fingerprint density at radius 2 is 2.39 bits per heavy atom. The lowest BCUT2D eigenvalue weighted by Crippen LogP contribution is -2.27. The van der Waals surface area contributed by atoms with Crippen molar-refractivity contribution in [3.8, 4) is 0 Å². The van der Waals surface area contributed by atoms with Crippen molar-refractivity contribution in [1.29, 1.82) is 0 Å². The molecule has 1 aliphatic rings. The van der Waals surface area contributed by atoms with Crippen molar-refractivity contribution in [3.63, 3.8) is 0 Å². The third-order valence-electron chi connectivity index (χ3n) is 2.72. The molecule has 0 saturated carbocycles. The minimum Gasteiger partial charge on any atom is -0.455 e. The molecule has 0 radical (unpaired) electrons. The molecule has 1 aromatic heterocycles. The van der Waals surface area contributed by atoms with Crippen molar-refractivity contribution < 1.29 is 9.53 Å². The number of aromatic nitrogens is 3. The molecule has 18 heavy (non-hydrogen) atoms. The van der Waals surface area contributed by atoms with Gasteiger partial charge in [0.25, 0.3) is 0 Å². The standard InChI is InChI=1S/C12H20N4O2/c1-12(2,3)18-11(17)10-8-16(15-14-10)7-9-5-4-6-13-9/h8-9,13H,4-7H2,1-3H3/t9-/m0/s1. The van der Waals surface area contributed by atoms with E-state index in [9.17, 15) is 4.79 Å². The van der Waals surface area contributed by atoms with Gasteiger partial charge in [-0.25, -0.2) is 4.79 Å². The summed E-state index contributed by atoms with van der Waals surface area (Å²) in [6, 6.07) is 0.429. The van der Waals surface area contributed by atoms with E-state index in [1.54, 1.807) is 10.9 Å². The normalized spacial score (nSPS) is 20.1. The van der Waals surface area contributed by atoms with Crippen LogP contribution in [0, 0.1) is 0 Å². The molecule has 2 rings (SSSR count). The lowest BCUT2D eigenvalue weighted by Gasteiger charge is -2.18. The zero-order valence-electron chi connectivity index (χ0n) is 11.1. The van der Waals surface area contributed by atoms with Gasteiger partial charge in [-0.15, -0.1) is 5.10 Å². The number of ether oxygens (including phenoxy) is 1. The fraction of sp³-hybridized carbons (Fsp3) is 0.750. The topological polar surface area (TPSA) is 69.0 Å². The second-order valence-corrected chi connectivity index (χ2v) is 5.62. The molecule has 1 fully saturated rings. The smallest absolute Gasteiger partial charge is 0.361 e. The van der Waals surface area contributed by atoms with Gasteiger partial charge < -0.3 is 10.1 Å². The lowest BCUT2D eigenvalue weighted by molar-refractivity contribution is 0.00627. The molecule has 0 aliphatic carbocycles. The predicted molar refractivity (Wildman–Crippen MR) is 66.2 cm³/mol. The van der Waals surface area contributed by atoms with Crippen LogP contribution >= 0.6 is 0 Å². The molecule has 0 unspecified atom stereocenters. The Morgan fingerprint density at radius 1 is 1.61 bits per heavy atom. The highest BCUT2D eigenvalue weighted by molar-refractivity contribution is 5.86. The average molecular weight is 252 g/mol. The monoisotopic (exact) mass is 252 g/mol. The molecule has 1 aromatic rings. The van der Waals surface area contributed by atoms with Crippen molar-refractivity contribution in [2.24, 2.45) is 0 Å². The summed E-state index contributed by atoms with van der Waals surface area (Å²) in [5.41, 5.74) is -0.239. The Hall–Kier alpha value is -1.43. The van der Waals surface area contributed by atoms with Crippen LogP contribution in [0.5, 0.6) is 0 Å². The average Bonchev–Trinajstić information content (AvgIpc) is 2.86. The maximum Gasteiger partial charge on any atom is 0.361 e. The summed E-state index contributed by atoms with van der Waals surface area (Å²) in [4.78, 5) is 11.8. The number of hydrogen-bond donors (Lipinski definition) is 1. The first-order chi connectivity index (χ1) is 8.44. The van der Waals surface area contributed by atoms with E-state index in [4.69, 9.17) is 4.74 Å². The molecular weight excluding hydrogens is 232 g/mol. The first-order valence-electron chi connectivity index (χ1n) is 6.31. The van der Waals surface area contributed by atoms with Crippen molar-refractivity contribution in [3.05, 3.63) is 11.9 Å². The number of rotatable bonds is 3. The fourth-order valence-electron chi connectivity index (χ4n) is 1.95. The fourth-order valence-corrected chi connectivity index (χ4v) is 1.95. The third-order valence-corrected chi connectivity index (χ3v) is 2.72. The summed E-state index contributed by atoms with van der Waals surface area (Å²) in [6.07, 6.45) is 3.98. The Labute approximate surface area is 107 Å². The van der Waals surface area contributed by atoms with Crippen LogP contribution in [-0.4, -0.2) is 39.2 Å². The van der Waals surface area contributed by atoms with Gasteiger partial charge in [0.15, 0.2) is 5.69 Å². The van der Waals surface area contributed by atoms with E-state index in [1.807, 2.05) is 20.8 Å². The summed E-state index contributed by atoms with van der Waals surface area (Å²) in [6.45, 7) is 7.29. The van der Waals surface area contributed by atoms with Crippen LogP contribution in [0.4, 0.5) is 0 Å². The molecule has 0 spiro atoms. The third kappa shape index (κ3) is 3.53. The Balaban J connectivity index is 1.94. The first-order valence-corrected chi connectivity index (χ1v) is 6.31. The van der Waals surface area contributed by atoms with Crippen LogP contribution in [0.25, 0.3) is 0 Å². The first kappa shape index (κ1) is 13.0. The summed E-state index contributed by atoms with van der Waals surface area (Å²) in [7, 11) is 0. The molecule has 1 aliphatic heterocycles. The van der Waals surface area contributed by atoms with Gasteiger partial charge in [0.1, 0.15) is 5.60 Å². The van der Waals surface area contributed by atoms with Crippen molar-refractivity contribution in [1.82, 2.24) is 20.3 Å². The van der Waals surface area contributed by atoms with Gasteiger partial charge in [-0.3, -0.25) is 4.68 Å². The lowest BCUT2D eigenvalue weighted by atomic mass is 10.2. The summed E-state index contributed by atoms with van der Waals surface area (Å²) in [5, 5.41) is 11.2. The maximum atomic E-state index is 11.8. The van der Waals surface area contributed by atoms with Gasteiger partial charge in [0.2, 0.25) is 0 Å². The van der Waals surface area contributed by atoms with Crippen LogP contribution in [0.1, 0.15) is 44.1 Å². The van der Waals surface area contributed by atoms with E-state index in [2.05, 4.69) is 15.6 Å². The molecular formula is C12H20N4O2. The highest BCUT2D eigenvalue weighted by Crippen LogP contribution is 2.11. The van der Waals surface area contributed by atoms with Crippen molar-refractivity contribution in [2.75, 3.05) is 6.54 Å². The second kappa shape index (κ2) is 5.06. The van der Waals surface area contributed by atoms with Crippen LogP contribution in [0.2, 0.25) is 0 Å². The van der Waals surface area contributed by atoms with Gasteiger partial charge in [0, 0.05) is 6.04 Å². The number of esters is 1. The maximum absolute atomic E-state index is 11.8. The molecule has 1 N–H and O–H groups in total. The number of nitrogens with zero attached hydrogens (tertiary/aromatic N) is 3. The van der Waals surface area contributed by atoms with E-state index in [1.165, 1.54) is 6.42 Å². The predicted octanol–water partition coefficient (Wildman–Crippen LogP) is 0.985. The van der Waals surface area contributed by atoms with Gasteiger partial charge in [-0.1, -0.05) is 5.21 Å². The Kier molecular flexibility index (Phi) is 3.65. The van der Waals surface area contributed by atoms with Crippen LogP contribution < -0.4 is 5.32 Å². The van der Waals surface area contributed by atoms with E-state index < -0.39 is 11.6 Å². The summed E-state index contributed by atoms with van der Waals surface area (Å²) in [5.74, 6) is -0.423. The quantitative estimate of drug-likeness (QED) is 0.812. The Bertz CT molecular complexity index is 416. The van der Waals surface area contributed by atoms with Gasteiger partial charge >= 0.3 is 5.97 Å². The zero-order chi connectivity index (χ0) is 13.2. The van der Waals surface area contributed by atoms with Gasteiger partial charge in [-0.05, 0) is 40.2 Å². The number of hydrogen-bond acceptors (Lipinski definition) is 5. The number of carbonyl (C=O) groups is 1. The second-order valence-electron chi connectivity index (χ2n) is 5.62. The van der Waals surface area contributed by atoms with E-state index in [0.29, 0.717) is 6.04 Å². The molecule has 1 atom stereocenters. The highest BCUT2D eigenvalue weighted by atomic mass is 16.6. The van der Waals surface area contributed by atoms with Crippen LogP contribution in [0.15, 0.2) is 6.20 Å². The number of carbonyl (C=O) groups excluding carboxylic acids is 1. The largest absolute Gasteiger partial charge is 0.455 e. The van der Waals surface area contributed by atoms with E-state index in [-0.39, 0.29) is 5.69 Å². The van der Waals surface area contributed by atoms with Crippen molar-refractivity contribution in [2.45, 2.75) is 51.8 Å². The summed E-state index contributed by atoms with van der Waals surface area (Å²) < 4.78 is 6.93. The molecule has 100 valence electrons. The van der Waals surface area contributed by atoms with E-state index >= 15 is 0 Å². The summed E-state index contributed by atoms with van der Waals surface area (Å²) >= 11 is 0. The van der Waals surface area contributed by atoms with Crippen LogP contribution in [-0.2, 0) is 11.3 Å². The molecule has 0 amide bonds.